The standard InChI is InChI=1S/C56H92O27/c1-20-8-11-56(73-18-20)21(2)34-30(83-56)13-26-24-7-6-23-12-29(27(60)14-55(23,5)25(24)9-10-54(26,34)4)75-52-44(71)46(37(64)32(16-58)77-52)80-53-48(47(38(65)33(17-59)78-53)81-51-42(69)40(67)36(63)31(15-57)76-51)82-49-43(70)45(28(61)19-72-49)79-50-41(68)39(66)35(62)22(3)74-50/h20-53,57-71H,6-19H2,1-5H3. The van der Waals surface area contributed by atoms with Crippen molar-refractivity contribution in [1.29, 1.82) is 0 Å². The van der Waals surface area contributed by atoms with Gasteiger partial charge in [0.25, 0.3) is 0 Å². The van der Waals surface area contributed by atoms with Crippen molar-refractivity contribution in [3.8, 4) is 0 Å². The maximum Gasteiger partial charge on any atom is 0.187 e. The van der Waals surface area contributed by atoms with Crippen LogP contribution in [0.15, 0.2) is 0 Å². The van der Waals surface area contributed by atoms with Crippen LogP contribution in [0.25, 0.3) is 0 Å². The molecule has 0 amide bonds. The van der Waals surface area contributed by atoms with Crippen molar-refractivity contribution in [3.05, 3.63) is 0 Å². The maximum absolute atomic E-state index is 12.2. The van der Waals surface area contributed by atoms with Gasteiger partial charge in [-0.05, 0) is 105 Å². The van der Waals surface area contributed by atoms with E-state index in [0.29, 0.717) is 49.0 Å². The van der Waals surface area contributed by atoms with Gasteiger partial charge in [0.15, 0.2) is 37.2 Å². The molecule has 7 saturated heterocycles. The summed E-state index contributed by atoms with van der Waals surface area (Å²) in [4.78, 5) is 0. The SMILES string of the molecule is CC1CCC2(OC1)OC1CC3C4CCC5CC(OC6OC(CO)C(O)C(OC7OC(CO)C(O)C(OC8OC(CO)C(O)C(O)C8O)C7OC7OCC(O)C(OC8OC(C)C(O)C(O)C8O)C7O)C6O)C(O)CC5(C)C4CCC3(C)C1C2C. The molecule has 0 aromatic rings. The van der Waals surface area contributed by atoms with Crippen LogP contribution < -0.4 is 0 Å². The first-order valence-electron chi connectivity index (χ1n) is 30.2. The van der Waals surface area contributed by atoms with E-state index < -0.39 is 192 Å². The molecule has 1 spiro atoms. The Kier molecular flexibility index (Phi) is 18.8. The molecule has 11 rings (SSSR count). The third kappa shape index (κ3) is 11.1. The molecule has 0 aromatic carbocycles. The van der Waals surface area contributed by atoms with Crippen LogP contribution in [0.1, 0.15) is 92.4 Å². The minimum absolute atomic E-state index is 0.0927. The van der Waals surface area contributed by atoms with Crippen LogP contribution in [-0.2, 0) is 56.8 Å². The minimum atomic E-state index is -2.07. The molecule has 11 fully saturated rings. The van der Waals surface area contributed by atoms with Gasteiger partial charge in [-0.2, -0.15) is 0 Å². The highest BCUT2D eigenvalue weighted by Crippen LogP contribution is 2.71. The molecule has 7 aliphatic heterocycles. The van der Waals surface area contributed by atoms with Crippen molar-refractivity contribution in [2.45, 2.75) is 264 Å². The number of fused-ring (bicyclic) bond motifs is 7. The van der Waals surface area contributed by atoms with E-state index >= 15 is 0 Å². The summed E-state index contributed by atoms with van der Waals surface area (Å²) < 4.78 is 73.5. The van der Waals surface area contributed by atoms with E-state index in [1.54, 1.807) is 0 Å². The number of ether oxygens (including phenoxy) is 12. The topological polar surface area (TPSA) is 414 Å². The highest BCUT2D eigenvalue weighted by Gasteiger charge is 2.70. The first-order valence-corrected chi connectivity index (χ1v) is 30.2. The van der Waals surface area contributed by atoms with Gasteiger partial charge in [0.2, 0.25) is 0 Å². The van der Waals surface area contributed by atoms with Gasteiger partial charge in [-0.15, -0.1) is 0 Å². The number of aliphatic hydroxyl groups excluding tert-OH is 15. The van der Waals surface area contributed by atoms with Crippen LogP contribution in [0.4, 0.5) is 0 Å². The second-order valence-corrected chi connectivity index (χ2v) is 26.8. The van der Waals surface area contributed by atoms with E-state index in [2.05, 4.69) is 27.7 Å². The summed E-state index contributed by atoms with van der Waals surface area (Å²) in [6, 6.07) is 0. The first kappa shape index (κ1) is 63.5. The average Bonchev–Trinajstić information content (AvgIpc) is 1.73. The Hall–Kier alpha value is -1.08. The van der Waals surface area contributed by atoms with E-state index in [9.17, 15) is 76.6 Å². The van der Waals surface area contributed by atoms with Crippen molar-refractivity contribution in [2.24, 2.45) is 52.3 Å². The van der Waals surface area contributed by atoms with Gasteiger partial charge in [-0.25, -0.2) is 0 Å². The molecule has 37 unspecified atom stereocenters. The summed E-state index contributed by atoms with van der Waals surface area (Å²) in [5.74, 6) is 2.03. The second-order valence-electron chi connectivity index (χ2n) is 26.8. The quantitative estimate of drug-likeness (QED) is 0.0774. The molecule has 4 aliphatic carbocycles. The lowest BCUT2D eigenvalue weighted by Crippen LogP contribution is -2.68. The Morgan fingerprint density at radius 3 is 1.71 bits per heavy atom. The molecule has 0 aromatic heterocycles. The van der Waals surface area contributed by atoms with Gasteiger partial charge in [0.1, 0.15) is 110 Å². The zero-order valence-corrected chi connectivity index (χ0v) is 47.6. The van der Waals surface area contributed by atoms with Crippen LogP contribution in [-0.4, -0.2) is 281 Å². The molecular weight excluding hydrogens is 1100 g/mol. The summed E-state index contributed by atoms with van der Waals surface area (Å²) in [6.07, 6.45) is -37.3. The van der Waals surface area contributed by atoms with E-state index in [4.69, 9.17) is 56.8 Å². The van der Waals surface area contributed by atoms with Crippen molar-refractivity contribution < 1.29 is 133 Å². The smallest absolute Gasteiger partial charge is 0.187 e. The Morgan fingerprint density at radius 1 is 0.470 bits per heavy atom. The van der Waals surface area contributed by atoms with Gasteiger partial charge in [0, 0.05) is 12.3 Å². The zero-order chi connectivity index (χ0) is 59.5. The maximum atomic E-state index is 12.2. The van der Waals surface area contributed by atoms with E-state index in [1.165, 1.54) is 6.92 Å². The van der Waals surface area contributed by atoms with E-state index in [-0.39, 0.29) is 28.8 Å². The van der Waals surface area contributed by atoms with Gasteiger partial charge in [-0.1, -0.05) is 27.7 Å². The molecule has 7 heterocycles. The summed E-state index contributed by atoms with van der Waals surface area (Å²) >= 11 is 0. The number of aliphatic hydroxyl groups is 15. The predicted octanol–water partition coefficient (Wildman–Crippen LogP) is -4.45. The number of rotatable bonds is 13. The van der Waals surface area contributed by atoms with E-state index in [0.717, 1.165) is 44.9 Å². The molecule has 4 saturated carbocycles. The van der Waals surface area contributed by atoms with Crippen LogP contribution in [0.2, 0.25) is 0 Å². The van der Waals surface area contributed by atoms with Crippen molar-refractivity contribution in [2.75, 3.05) is 33.0 Å². The summed E-state index contributed by atoms with van der Waals surface area (Å²) in [5.41, 5.74) is -0.154. The Labute approximate surface area is 481 Å². The Bertz CT molecular complexity index is 2160. The van der Waals surface area contributed by atoms with Gasteiger partial charge < -0.3 is 133 Å². The lowest BCUT2D eigenvalue weighted by molar-refractivity contribution is -0.407. The van der Waals surface area contributed by atoms with Crippen LogP contribution in [0, 0.1) is 52.3 Å². The van der Waals surface area contributed by atoms with Crippen molar-refractivity contribution >= 4 is 0 Å². The molecule has 11 aliphatic rings. The minimum Gasteiger partial charge on any atom is -0.394 e. The second kappa shape index (κ2) is 24.6. The third-order valence-corrected chi connectivity index (χ3v) is 22.1. The summed E-state index contributed by atoms with van der Waals surface area (Å²) in [6.45, 7) is 8.09. The van der Waals surface area contributed by atoms with Gasteiger partial charge in [-0.3, -0.25) is 0 Å². The molecule has 83 heavy (non-hydrogen) atoms. The first-order chi connectivity index (χ1) is 39.4. The normalized spacial score (nSPS) is 58.3. The molecule has 15 N–H and O–H groups in total. The Balaban J connectivity index is 0.814. The molecule has 27 nitrogen and oxygen atoms in total. The highest BCUT2D eigenvalue weighted by molar-refractivity contribution is 5.16. The molecule has 37 atom stereocenters. The highest BCUT2D eigenvalue weighted by atomic mass is 16.8. The monoisotopic (exact) mass is 1200 g/mol. The molecular formula is C56H92O27. The molecule has 0 bridgehead atoms. The third-order valence-electron chi connectivity index (χ3n) is 22.1. The Morgan fingerprint density at radius 2 is 1.05 bits per heavy atom. The largest absolute Gasteiger partial charge is 0.394 e. The van der Waals surface area contributed by atoms with Crippen molar-refractivity contribution in [1.82, 2.24) is 0 Å². The molecule has 0 radical (unpaired) electrons. The van der Waals surface area contributed by atoms with Crippen LogP contribution in [0.3, 0.4) is 0 Å². The van der Waals surface area contributed by atoms with Crippen LogP contribution >= 0.6 is 0 Å². The fourth-order valence-electron chi connectivity index (χ4n) is 17.4. The fraction of sp³-hybridized carbons (Fsp3) is 1.00. The zero-order valence-electron chi connectivity index (χ0n) is 47.6. The molecule has 478 valence electrons. The summed E-state index contributed by atoms with van der Waals surface area (Å²) in [7, 11) is 0. The molecule has 27 heteroatoms. The number of hydrogen-bond acceptors (Lipinski definition) is 27. The van der Waals surface area contributed by atoms with Gasteiger partial charge in [0.05, 0.1) is 57.5 Å². The summed E-state index contributed by atoms with van der Waals surface area (Å²) in [5, 5.41) is 166. The van der Waals surface area contributed by atoms with Crippen LogP contribution in [0.5, 0.6) is 0 Å². The predicted molar refractivity (Wildman–Crippen MR) is 275 cm³/mol. The van der Waals surface area contributed by atoms with Crippen molar-refractivity contribution in [3.63, 3.8) is 0 Å². The lowest BCUT2D eigenvalue weighted by atomic mass is 9.44. The van der Waals surface area contributed by atoms with Gasteiger partial charge >= 0.3 is 0 Å². The fourth-order valence-corrected chi connectivity index (χ4v) is 17.4. The number of hydrogen-bond donors (Lipinski definition) is 15. The van der Waals surface area contributed by atoms with E-state index in [1.807, 2.05) is 0 Å². The lowest BCUT2D eigenvalue weighted by Gasteiger charge is -2.62. The average molecular weight is 1200 g/mol.